The first-order valence-electron chi connectivity index (χ1n) is 5.84. The number of rotatable bonds is 6. The third-order valence-corrected chi connectivity index (χ3v) is 5.50. The Balaban J connectivity index is 2.02. The average Bonchev–Trinajstić information content (AvgIpc) is 3.08. The maximum Gasteiger partial charge on any atom is 0.240 e. The highest BCUT2D eigenvalue weighted by Crippen LogP contribution is 2.48. The summed E-state index contributed by atoms with van der Waals surface area (Å²) in [4.78, 5) is 0.294. The van der Waals surface area contributed by atoms with Gasteiger partial charge in [-0.25, -0.2) is 13.1 Å². The van der Waals surface area contributed by atoms with Crippen LogP contribution in [0.5, 0.6) is 0 Å². The van der Waals surface area contributed by atoms with Gasteiger partial charge in [0.2, 0.25) is 10.0 Å². The molecule has 18 heavy (non-hydrogen) atoms. The predicted octanol–water partition coefficient (Wildman–Crippen LogP) is 1.73. The molecule has 0 aliphatic heterocycles. The Labute approximate surface area is 121 Å². The zero-order chi connectivity index (χ0) is 13.2. The number of aliphatic hydroxyl groups excluding tert-OH is 1. The number of hydrogen-bond acceptors (Lipinski definition) is 3. The van der Waals surface area contributed by atoms with Gasteiger partial charge in [-0.2, -0.15) is 0 Å². The van der Waals surface area contributed by atoms with E-state index in [9.17, 15) is 8.42 Å². The first kappa shape index (κ1) is 14.2. The summed E-state index contributed by atoms with van der Waals surface area (Å²) in [5.41, 5.74) is -0.00891. The van der Waals surface area contributed by atoms with Gasteiger partial charge < -0.3 is 5.11 Å². The molecule has 1 aliphatic carbocycles. The van der Waals surface area contributed by atoms with E-state index in [0.717, 1.165) is 16.4 Å². The molecule has 0 heterocycles. The molecule has 1 aromatic carbocycles. The third-order valence-electron chi connectivity index (χ3n) is 3.36. The highest BCUT2D eigenvalue weighted by molar-refractivity contribution is 14.1. The summed E-state index contributed by atoms with van der Waals surface area (Å²) in [5.74, 6) is 0. The Morgan fingerprint density at radius 3 is 2.39 bits per heavy atom. The molecule has 0 saturated heterocycles. The molecule has 2 rings (SSSR count). The van der Waals surface area contributed by atoms with Crippen LogP contribution in [0.1, 0.15) is 19.3 Å². The summed E-state index contributed by atoms with van der Waals surface area (Å²) < 4.78 is 27.7. The smallest absolute Gasteiger partial charge is 0.240 e. The van der Waals surface area contributed by atoms with Crippen LogP contribution < -0.4 is 4.72 Å². The lowest BCUT2D eigenvalue weighted by molar-refractivity contribution is 0.249. The fourth-order valence-corrected chi connectivity index (χ4v) is 3.39. The molecule has 1 aliphatic rings. The fourth-order valence-electron chi connectivity index (χ4n) is 1.87. The SMILES string of the molecule is O=S(=O)(NCC1(CCO)CC1)c1ccc(I)cc1. The standard InChI is InChI=1S/C12H16INO3S/c13-10-1-3-11(4-2-10)18(16,17)14-9-12(5-6-12)7-8-15/h1-4,14-15H,5-9H2. The van der Waals surface area contributed by atoms with Crippen LogP contribution in [-0.2, 0) is 10.0 Å². The van der Waals surface area contributed by atoms with E-state index in [1.54, 1.807) is 24.3 Å². The fraction of sp³-hybridized carbons (Fsp3) is 0.500. The third kappa shape index (κ3) is 3.43. The van der Waals surface area contributed by atoms with Crippen LogP contribution in [-0.4, -0.2) is 26.7 Å². The van der Waals surface area contributed by atoms with Crippen molar-refractivity contribution in [2.45, 2.75) is 24.2 Å². The van der Waals surface area contributed by atoms with Crippen LogP contribution in [0.25, 0.3) is 0 Å². The summed E-state index contributed by atoms with van der Waals surface area (Å²) >= 11 is 2.14. The zero-order valence-electron chi connectivity index (χ0n) is 9.89. The first-order chi connectivity index (χ1) is 8.47. The number of benzene rings is 1. The Morgan fingerprint density at radius 1 is 1.28 bits per heavy atom. The van der Waals surface area contributed by atoms with Gasteiger partial charge in [0.15, 0.2) is 0 Å². The van der Waals surface area contributed by atoms with Gasteiger partial charge >= 0.3 is 0 Å². The Hall–Kier alpha value is -0.180. The van der Waals surface area contributed by atoms with Gasteiger partial charge in [0.1, 0.15) is 0 Å². The largest absolute Gasteiger partial charge is 0.396 e. The van der Waals surface area contributed by atoms with E-state index in [1.165, 1.54) is 0 Å². The van der Waals surface area contributed by atoms with Crippen molar-refractivity contribution >= 4 is 32.6 Å². The number of aliphatic hydroxyl groups is 1. The second-order valence-electron chi connectivity index (χ2n) is 4.75. The lowest BCUT2D eigenvalue weighted by Crippen LogP contribution is -2.30. The maximum absolute atomic E-state index is 12.0. The number of sulfonamides is 1. The van der Waals surface area contributed by atoms with Gasteiger partial charge in [0.25, 0.3) is 0 Å². The molecule has 0 aromatic heterocycles. The van der Waals surface area contributed by atoms with Crippen LogP contribution >= 0.6 is 22.6 Å². The Kier molecular flexibility index (Phi) is 4.30. The van der Waals surface area contributed by atoms with Crippen molar-refractivity contribution in [1.82, 2.24) is 4.72 Å². The van der Waals surface area contributed by atoms with Gasteiger partial charge in [0, 0.05) is 16.7 Å². The molecule has 0 spiro atoms. The quantitative estimate of drug-likeness (QED) is 0.738. The predicted molar refractivity (Wildman–Crippen MR) is 77.7 cm³/mol. The molecular weight excluding hydrogens is 365 g/mol. The summed E-state index contributed by atoms with van der Waals surface area (Å²) in [7, 11) is -3.42. The molecule has 4 nitrogen and oxygen atoms in total. The minimum Gasteiger partial charge on any atom is -0.396 e. The zero-order valence-corrected chi connectivity index (χ0v) is 12.9. The van der Waals surface area contributed by atoms with Gasteiger partial charge in [-0.05, 0) is 71.5 Å². The van der Waals surface area contributed by atoms with Crippen LogP contribution in [0.3, 0.4) is 0 Å². The van der Waals surface area contributed by atoms with Gasteiger partial charge in [0.05, 0.1) is 4.90 Å². The van der Waals surface area contributed by atoms with E-state index in [4.69, 9.17) is 5.11 Å². The van der Waals surface area contributed by atoms with Gasteiger partial charge in [-0.15, -0.1) is 0 Å². The number of hydrogen-bond donors (Lipinski definition) is 2. The summed E-state index contributed by atoms with van der Waals surface area (Å²) in [6.07, 6.45) is 2.65. The summed E-state index contributed by atoms with van der Waals surface area (Å²) in [6.45, 7) is 0.535. The van der Waals surface area contributed by atoms with Crippen LogP contribution in [0, 0.1) is 8.99 Å². The Morgan fingerprint density at radius 2 is 1.89 bits per heavy atom. The molecule has 0 bridgehead atoms. The monoisotopic (exact) mass is 381 g/mol. The molecule has 100 valence electrons. The molecule has 0 radical (unpaired) electrons. The van der Waals surface area contributed by atoms with Crippen LogP contribution in [0.15, 0.2) is 29.2 Å². The van der Waals surface area contributed by atoms with Gasteiger partial charge in [-0.1, -0.05) is 0 Å². The lowest BCUT2D eigenvalue weighted by atomic mass is 10.0. The van der Waals surface area contributed by atoms with Crippen molar-refractivity contribution in [3.8, 4) is 0 Å². The second-order valence-corrected chi connectivity index (χ2v) is 7.76. The van der Waals surface area contributed by atoms with E-state index >= 15 is 0 Å². The molecule has 0 unspecified atom stereocenters. The molecule has 1 saturated carbocycles. The molecular formula is C12H16INO3S. The minimum absolute atomic E-state index is 0.00891. The van der Waals surface area contributed by atoms with Crippen molar-refractivity contribution in [1.29, 1.82) is 0 Å². The van der Waals surface area contributed by atoms with Crippen LogP contribution in [0.4, 0.5) is 0 Å². The van der Waals surface area contributed by atoms with Crippen molar-refractivity contribution in [3.05, 3.63) is 27.8 Å². The summed E-state index contributed by atoms with van der Waals surface area (Å²) in [5, 5.41) is 8.94. The van der Waals surface area contributed by atoms with E-state index in [-0.39, 0.29) is 12.0 Å². The van der Waals surface area contributed by atoms with E-state index < -0.39 is 10.0 Å². The lowest BCUT2D eigenvalue weighted by Gasteiger charge is -2.14. The number of nitrogens with one attached hydrogen (secondary N) is 1. The van der Waals surface area contributed by atoms with Crippen molar-refractivity contribution in [2.75, 3.05) is 13.2 Å². The molecule has 6 heteroatoms. The maximum atomic E-state index is 12.0. The molecule has 0 amide bonds. The van der Waals surface area contributed by atoms with Crippen LogP contribution in [0.2, 0.25) is 0 Å². The topological polar surface area (TPSA) is 66.4 Å². The highest BCUT2D eigenvalue weighted by atomic mass is 127. The minimum atomic E-state index is -3.42. The number of halogens is 1. The normalized spacial score (nSPS) is 17.7. The average molecular weight is 381 g/mol. The van der Waals surface area contributed by atoms with E-state index in [0.29, 0.717) is 17.9 Å². The molecule has 0 atom stereocenters. The van der Waals surface area contributed by atoms with Crippen molar-refractivity contribution in [3.63, 3.8) is 0 Å². The molecule has 1 fully saturated rings. The Bertz CT molecular complexity index is 509. The second kappa shape index (κ2) is 5.44. The molecule has 1 aromatic rings. The molecule has 2 N–H and O–H groups in total. The van der Waals surface area contributed by atoms with Crippen molar-refractivity contribution in [2.24, 2.45) is 5.41 Å². The highest BCUT2D eigenvalue weighted by Gasteiger charge is 2.42. The van der Waals surface area contributed by atoms with E-state index in [1.807, 2.05) is 0 Å². The van der Waals surface area contributed by atoms with Crippen molar-refractivity contribution < 1.29 is 13.5 Å². The van der Waals surface area contributed by atoms with Gasteiger partial charge in [-0.3, -0.25) is 0 Å². The van der Waals surface area contributed by atoms with E-state index in [2.05, 4.69) is 27.3 Å². The first-order valence-corrected chi connectivity index (χ1v) is 8.40. The summed E-state index contributed by atoms with van der Waals surface area (Å²) in [6, 6.07) is 6.76.